The van der Waals surface area contributed by atoms with Crippen molar-refractivity contribution in [3.8, 4) is 0 Å². The van der Waals surface area contributed by atoms with Crippen LogP contribution in [0.3, 0.4) is 0 Å². The molecule has 1 aliphatic heterocycles. The molecule has 1 saturated heterocycles. The molecule has 2 aliphatic rings. The van der Waals surface area contributed by atoms with Crippen molar-refractivity contribution in [3.05, 3.63) is 0 Å². The number of hydrogen-bond donors (Lipinski definition) is 1. The van der Waals surface area contributed by atoms with Crippen molar-refractivity contribution in [1.82, 2.24) is 0 Å². The normalized spacial score (nSPS) is 35.0. The zero-order chi connectivity index (χ0) is 10.5. The number of aliphatic hydroxyl groups excluding tert-OH is 1. The van der Waals surface area contributed by atoms with Crippen molar-refractivity contribution in [3.63, 3.8) is 0 Å². The number of rotatable bonds is 2. The Morgan fingerprint density at radius 3 is 2.33 bits per heavy atom. The molecule has 1 N–H and O–H groups in total. The van der Waals surface area contributed by atoms with E-state index in [1.807, 2.05) is 0 Å². The highest BCUT2D eigenvalue weighted by Crippen LogP contribution is 2.34. The van der Waals surface area contributed by atoms with Gasteiger partial charge in [0.25, 0.3) is 0 Å². The van der Waals surface area contributed by atoms with E-state index in [-0.39, 0.29) is 0 Å². The molecule has 1 saturated carbocycles. The van der Waals surface area contributed by atoms with Crippen LogP contribution < -0.4 is 0 Å². The van der Waals surface area contributed by atoms with Crippen LogP contribution in [0.25, 0.3) is 0 Å². The molecule has 88 valence electrons. The maximum absolute atomic E-state index is 9.38. The van der Waals surface area contributed by atoms with Crippen LogP contribution in [0, 0.1) is 11.8 Å². The van der Waals surface area contributed by atoms with Gasteiger partial charge < -0.3 is 9.84 Å². The van der Waals surface area contributed by atoms with E-state index in [0.29, 0.717) is 18.6 Å². The third kappa shape index (κ3) is 2.94. The minimum Gasteiger partial charge on any atom is -0.396 e. The van der Waals surface area contributed by atoms with E-state index in [9.17, 15) is 5.11 Å². The van der Waals surface area contributed by atoms with E-state index in [0.717, 1.165) is 25.4 Å². The van der Waals surface area contributed by atoms with E-state index in [1.54, 1.807) is 0 Å². The van der Waals surface area contributed by atoms with E-state index >= 15 is 0 Å². The van der Waals surface area contributed by atoms with Crippen LogP contribution in [-0.4, -0.2) is 24.4 Å². The van der Waals surface area contributed by atoms with Crippen LogP contribution in [0.2, 0.25) is 0 Å². The summed E-state index contributed by atoms with van der Waals surface area (Å²) in [6, 6.07) is 0. The second-order valence-electron chi connectivity index (χ2n) is 5.17. The molecular formula is C13H24O2. The Balaban J connectivity index is 1.92. The average molecular weight is 212 g/mol. The molecule has 2 rings (SSSR count). The Morgan fingerprint density at radius 1 is 0.933 bits per heavy atom. The van der Waals surface area contributed by atoms with Gasteiger partial charge in [0.2, 0.25) is 0 Å². The lowest BCUT2D eigenvalue weighted by Crippen LogP contribution is -2.37. The first-order valence-corrected chi connectivity index (χ1v) is 6.64. The van der Waals surface area contributed by atoms with E-state index < -0.39 is 0 Å². The molecule has 0 bridgehead atoms. The van der Waals surface area contributed by atoms with Crippen molar-refractivity contribution in [2.45, 2.75) is 57.5 Å². The molecule has 15 heavy (non-hydrogen) atoms. The monoisotopic (exact) mass is 212 g/mol. The van der Waals surface area contributed by atoms with Gasteiger partial charge >= 0.3 is 0 Å². The molecule has 0 amide bonds. The van der Waals surface area contributed by atoms with Gasteiger partial charge in [-0.2, -0.15) is 0 Å². The summed E-state index contributed by atoms with van der Waals surface area (Å²) in [4.78, 5) is 0. The van der Waals surface area contributed by atoms with Gasteiger partial charge in [-0.3, -0.25) is 0 Å². The second kappa shape index (κ2) is 5.86. The summed E-state index contributed by atoms with van der Waals surface area (Å²) in [7, 11) is 0. The maximum Gasteiger partial charge on any atom is 0.0653 e. The first kappa shape index (κ1) is 11.4. The fourth-order valence-corrected chi connectivity index (χ4v) is 3.22. The lowest BCUT2D eigenvalue weighted by Gasteiger charge is -2.36. The number of hydrogen-bond acceptors (Lipinski definition) is 2. The number of aliphatic hydroxyl groups is 1. The van der Waals surface area contributed by atoms with Crippen molar-refractivity contribution < 1.29 is 9.84 Å². The van der Waals surface area contributed by atoms with Crippen LogP contribution in [0.15, 0.2) is 0 Å². The number of ether oxygens (including phenoxy) is 1. The van der Waals surface area contributed by atoms with Crippen LogP contribution in [-0.2, 0) is 4.74 Å². The maximum atomic E-state index is 9.38. The van der Waals surface area contributed by atoms with Gasteiger partial charge in [0.1, 0.15) is 0 Å². The van der Waals surface area contributed by atoms with Gasteiger partial charge in [-0.25, -0.2) is 0 Å². The molecule has 2 heteroatoms. The van der Waals surface area contributed by atoms with Crippen molar-refractivity contribution in [2.75, 3.05) is 13.2 Å². The standard InChI is InChI=1S/C13H24O2/c14-10-12-8-5-9-15-13(12)11-6-3-1-2-4-7-11/h11-14H,1-10H2. The smallest absolute Gasteiger partial charge is 0.0653 e. The zero-order valence-corrected chi connectivity index (χ0v) is 9.66. The van der Waals surface area contributed by atoms with Crippen LogP contribution in [0.1, 0.15) is 51.4 Å². The van der Waals surface area contributed by atoms with E-state index in [2.05, 4.69) is 0 Å². The Morgan fingerprint density at radius 2 is 1.67 bits per heavy atom. The molecule has 1 heterocycles. The quantitative estimate of drug-likeness (QED) is 0.713. The van der Waals surface area contributed by atoms with Gasteiger partial charge in [0, 0.05) is 19.1 Å². The van der Waals surface area contributed by atoms with E-state index in [4.69, 9.17) is 4.74 Å². The zero-order valence-electron chi connectivity index (χ0n) is 9.66. The average Bonchev–Trinajstić information content (AvgIpc) is 2.57. The summed E-state index contributed by atoms with van der Waals surface area (Å²) < 4.78 is 5.92. The topological polar surface area (TPSA) is 29.5 Å². The Labute approximate surface area is 93.0 Å². The van der Waals surface area contributed by atoms with Crippen LogP contribution in [0.5, 0.6) is 0 Å². The van der Waals surface area contributed by atoms with Gasteiger partial charge in [-0.05, 0) is 31.6 Å². The third-order valence-electron chi connectivity index (χ3n) is 4.09. The summed E-state index contributed by atoms with van der Waals surface area (Å²) in [5.41, 5.74) is 0. The Bertz CT molecular complexity index is 173. The molecule has 0 aromatic heterocycles. The predicted octanol–water partition coefficient (Wildman–Crippen LogP) is 2.74. The molecule has 0 aromatic carbocycles. The molecule has 0 aromatic rings. The van der Waals surface area contributed by atoms with Gasteiger partial charge in [-0.15, -0.1) is 0 Å². The largest absolute Gasteiger partial charge is 0.396 e. The fourth-order valence-electron chi connectivity index (χ4n) is 3.22. The predicted molar refractivity (Wildman–Crippen MR) is 60.7 cm³/mol. The minimum atomic E-state index is 0.321. The van der Waals surface area contributed by atoms with Crippen molar-refractivity contribution in [1.29, 1.82) is 0 Å². The summed E-state index contributed by atoms with van der Waals surface area (Å²) in [6.07, 6.45) is 10.8. The van der Waals surface area contributed by atoms with Crippen molar-refractivity contribution >= 4 is 0 Å². The third-order valence-corrected chi connectivity index (χ3v) is 4.09. The SMILES string of the molecule is OCC1CCCOC1C1CCCCCC1. The first-order chi connectivity index (χ1) is 7.42. The fraction of sp³-hybridized carbons (Fsp3) is 1.00. The second-order valence-corrected chi connectivity index (χ2v) is 5.17. The summed E-state index contributed by atoms with van der Waals surface area (Å²) >= 11 is 0. The highest BCUT2D eigenvalue weighted by atomic mass is 16.5. The summed E-state index contributed by atoms with van der Waals surface area (Å²) in [6.45, 7) is 1.23. The van der Waals surface area contributed by atoms with Crippen LogP contribution >= 0.6 is 0 Å². The summed E-state index contributed by atoms with van der Waals surface area (Å²) in [5.74, 6) is 1.15. The lowest BCUT2D eigenvalue weighted by molar-refractivity contribution is -0.0777. The van der Waals surface area contributed by atoms with Gasteiger partial charge in [0.15, 0.2) is 0 Å². The molecule has 2 nitrogen and oxygen atoms in total. The highest BCUT2D eigenvalue weighted by Gasteiger charge is 2.32. The summed E-state index contributed by atoms with van der Waals surface area (Å²) in [5, 5.41) is 9.38. The molecule has 0 radical (unpaired) electrons. The van der Waals surface area contributed by atoms with Gasteiger partial charge in [-0.1, -0.05) is 25.7 Å². The molecule has 2 fully saturated rings. The lowest BCUT2D eigenvalue weighted by atomic mass is 9.82. The van der Waals surface area contributed by atoms with E-state index in [1.165, 1.54) is 38.5 Å². The van der Waals surface area contributed by atoms with Crippen molar-refractivity contribution in [2.24, 2.45) is 11.8 Å². The molecule has 2 atom stereocenters. The molecule has 2 unspecified atom stereocenters. The molecule has 1 aliphatic carbocycles. The Kier molecular flexibility index (Phi) is 4.45. The van der Waals surface area contributed by atoms with Gasteiger partial charge in [0.05, 0.1) is 6.10 Å². The Hall–Kier alpha value is -0.0800. The minimum absolute atomic E-state index is 0.321. The highest BCUT2D eigenvalue weighted by molar-refractivity contribution is 4.82. The first-order valence-electron chi connectivity index (χ1n) is 6.64. The van der Waals surface area contributed by atoms with Crippen LogP contribution in [0.4, 0.5) is 0 Å². The molecule has 0 spiro atoms. The molecular weight excluding hydrogens is 188 g/mol.